The number of benzene rings is 2. The highest BCUT2D eigenvalue weighted by atomic mass is 16.5. The number of hydrogen-bond acceptors (Lipinski definition) is 5. The van der Waals surface area contributed by atoms with Gasteiger partial charge < -0.3 is 9.47 Å². The number of esters is 2. The summed E-state index contributed by atoms with van der Waals surface area (Å²) in [6.07, 6.45) is 0. The molecule has 0 radical (unpaired) electrons. The summed E-state index contributed by atoms with van der Waals surface area (Å²) < 4.78 is 11.2. The summed E-state index contributed by atoms with van der Waals surface area (Å²) in [5.74, 6) is -1.50. The van der Waals surface area contributed by atoms with Crippen molar-refractivity contribution in [3.63, 3.8) is 0 Å². The second kappa shape index (κ2) is 7.92. The minimum atomic E-state index is -0.771. The van der Waals surface area contributed by atoms with Crippen LogP contribution < -0.4 is 5.56 Å². The first-order chi connectivity index (χ1) is 13.5. The molecular weight excluding hydrogens is 358 g/mol. The van der Waals surface area contributed by atoms with Gasteiger partial charge in [-0.3, -0.25) is 9.36 Å². The molecule has 0 N–H and O–H groups in total. The third-order valence-electron chi connectivity index (χ3n) is 4.45. The zero-order valence-electron chi connectivity index (χ0n) is 15.8. The van der Waals surface area contributed by atoms with Gasteiger partial charge in [0.05, 0.1) is 31.0 Å². The zero-order valence-corrected chi connectivity index (χ0v) is 15.8. The zero-order chi connectivity index (χ0) is 20.3. The molecule has 142 valence electrons. The van der Waals surface area contributed by atoms with Gasteiger partial charge in [-0.1, -0.05) is 48.5 Å². The van der Waals surface area contributed by atoms with E-state index in [1.807, 2.05) is 12.1 Å². The van der Waals surface area contributed by atoms with Crippen LogP contribution in [0.25, 0.3) is 16.9 Å². The van der Waals surface area contributed by atoms with Crippen LogP contribution in [0.3, 0.4) is 0 Å². The second-order valence-electron chi connectivity index (χ2n) is 6.05. The molecule has 1 heterocycles. The topological polar surface area (TPSA) is 74.6 Å². The van der Waals surface area contributed by atoms with Crippen LogP contribution >= 0.6 is 0 Å². The van der Waals surface area contributed by atoms with Crippen molar-refractivity contribution in [1.29, 1.82) is 0 Å². The number of para-hydroxylation sites is 1. The Morgan fingerprint density at radius 1 is 0.786 bits per heavy atom. The lowest BCUT2D eigenvalue weighted by atomic mass is 9.96. The minimum Gasteiger partial charge on any atom is -0.465 e. The summed E-state index contributed by atoms with van der Waals surface area (Å²) in [7, 11) is 2.43. The maximum Gasteiger partial charge on any atom is 0.340 e. The summed E-state index contributed by atoms with van der Waals surface area (Å²) >= 11 is 0. The fraction of sp³-hybridized carbons (Fsp3) is 0.136. The average molecular weight is 377 g/mol. The third-order valence-corrected chi connectivity index (χ3v) is 4.45. The van der Waals surface area contributed by atoms with Gasteiger partial charge in [0.25, 0.3) is 5.56 Å². The van der Waals surface area contributed by atoms with Crippen LogP contribution in [0.5, 0.6) is 0 Å². The molecule has 0 aliphatic carbocycles. The van der Waals surface area contributed by atoms with Gasteiger partial charge in [-0.2, -0.15) is 0 Å². The van der Waals surface area contributed by atoms with Crippen molar-refractivity contribution < 1.29 is 19.1 Å². The van der Waals surface area contributed by atoms with E-state index in [-0.39, 0.29) is 22.4 Å². The van der Waals surface area contributed by atoms with E-state index in [9.17, 15) is 14.4 Å². The van der Waals surface area contributed by atoms with Crippen LogP contribution in [0.2, 0.25) is 0 Å². The number of carbonyl (C=O) groups is 2. The van der Waals surface area contributed by atoms with Crippen LogP contribution in [0, 0.1) is 6.92 Å². The van der Waals surface area contributed by atoms with Gasteiger partial charge in [0, 0.05) is 11.3 Å². The second-order valence-corrected chi connectivity index (χ2v) is 6.05. The van der Waals surface area contributed by atoms with Crippen molar-refractivity contribution >= 4 is 11.9 Å². The molecule has 0 bridgehead atoms. The number of hydrogen-bond donors (Lipinski definition) is 0. The van der Waals surface area contributed by atoms with Crippen molar-refractivity contribution in [2.45, 2.75) is 6.92 Å². The Labute approximate surface area is 162 Å². The van der Waals surface area contributed by atoms with Gasteiger partial charge in [-0.05, 0) is 24.6 Å². The maximum atomic E-state index is 13.3. The molecule has 6 nitrogen and oxygen atoms in total. The first-order valence-electron chi connectivity index (χ1n) is 8.58. The molecule has 2 aromatic carbocycles. The fourth-order valence-electron chi connectivity index (χ4n) is 3.14. The third kappa shape index (κ3) is 3.20. The summed E-state index contributed by atoms with van der Waals surface area (Å²) in [6, 6.07) is 17.8. The fourth-order valence-corrected chi connectivity index (χ4v) is 3.14. The molecule has 3 aromatic rings. The highest BCUT2D eigenvalue weighted by Gasteiger charge is 2.30. The Balaban J connectivity index is 2.58. The van der Waals surface area contributed by atoms with E-state index in [0.717, 1.165) is 0 Å². The molecule has 6 heteroatoms. The van der Waals surface area contributed by atoms with E-state index in [1.54, 1.807) is 48.5 Å². The van der Waals surface area contributed by atoms with Crippen molar-refractivity contribution in [3.8, 4) is 16.9 Å². The number of rotatable bonds is 4. The first kappa shape index (κ1) is 19.1. The van der Waals surface area contributed by atoms with E-state index in [1.165, 1.54) is 25.7 Å². The quantitative estimate of drug-likeness (QED) is 0.652. The van der Waals surface area contributed by atoms with E-state index in [4.69, 9.17) is 9.47 Å². The van der Waals surface area contributed by atoms with Gasteiger partial charge in [-0.15, -0.1) is 0 Å². The number of ether oxygens (including phenoxy) is 2. The van der Waals surface area contributed by atoms with Crippen LogP contribution in [0.15, 0.2) is 65.5 Å². The van der Waals surface area contributed by atoms with E-state index >= 15 is 0 Å². The lowest BCUT2D eigenvalue weighted by Gasteiger charge is -2.20. The minimum absolute atomic E-state index is 0.0125. The molecule has 0 fully saturated rings. The van der Waals surface area contributed by atoms with Crippen LogP contribution in [0.4, 0.5) is 0 Å². The monoisotopic (exact) mass is 377 g/mol. The van der Waals surface area contributed by atoms with Gasteiger partial charge >= 0.3 is 11.9 Å². The molecule has 0 spiro atoms. The lowest BCUT2D eigenvalue weighted by Crippen LogP contribution is -2.30. The van der Waals surface area contributed by atoms with Crippen LogP contribution in [-0.2, 0) is 9.47 Å². The highest BCUT2D eigenvalue weighted by Crippen LogP contribution is 2.30. The maximum absolute atomic E-state index is 13.3. The van der Waals surface area contributed by atoms with Crippen molar-refractivity contribution in [2.24, 2.45) is 0 Å². The molecule has 1 aromatic heterocycles. The normalized spacial score (nSPS) is 10.4. The van der Waals surface area contributed by atoms with Crippen LogP contribution in [0.1, 0.15) is 26.3 Å². The number of pyridine rings is 1. The number of aromatic nitrogens is 1. The Hall–Kier alpha value is -3.67. The standard InChI is InChI=1S/C22H19NO5/c1-14-17(21(25)27-2)18(22(26)28-3)19(15-10-6-4-7-11-15)23(20(14)24)16-12-8-5-9-13-16/h4-13H,1-3H3. The predicted octanol–water partition coefficient (Wildman–Crippen LogP) is 3.39. The summed E-state index contributed by atoms with van der Waals surface area (Å²) in [4.78, 5) is 38.5. The van der Waals surface area contributed by atoms with Gasteiger partial charge in [0.15, 0.2) is 0 Å². The van der Waals surface area contributed by atoms with Crippen molar-refractivity contribution in [2.75, 3.05) is 14.2 Å². The first-order valence-corrected chi connectivity index (χ1v) is 8.58. The molecule has 0 unspecified atom stereocenters. The Bertz CT molecular complexity index is 1090. The van der Waals surface area contributed by atoms with Gasteiger partial charge in [-0.25, -0.2) is 9.59 Å². The molecule has 28 heavy (non-hydrogen) atoms. The molecule has 0 amide bonds. The van der Waals surface area contributed by atoms with E-state index in [2.05, 4.69) is 0 Å². The largest absolute Gasteiger partial charge is 0.465 e. The van der Waals surface area contributed by atoms with Crippen LogP contribution in [-0.4, -0.2) is 30.7 Å². The Morgan fingerprint density at radius 3 is 1.82 bits per heavy atom. The van der Waals surface area contributed by atoms with Gasteiger partial charge in [0.1, 0.15) is 0 Å². The number of carbonyl (C=O) groups excluding carboxylic acids is 2. The molecule has 0 atom stereocenters. The summed E-state index contributed by atoms with van der Waals surface area (Å²) in [6.45, 7) is 1.50. The molecule has 0 saturated heterocycles. The number of methoxy groups -OCH3 is 2. The smallest absolute Gasteiger partial charge is 0.340 e. The molecule has 0 saturated carbocycles. The van der Waals surface area contributed by atoms with Crippen molar-refractivity contribution in [1.82, 2.24) is 4.57 Å². The Kier molecular flexibility index (Phi) is 5.40. The van der Waals surface area contributed by atoms with E-state index in [0.29, 0.717) is 11.3 Å². The van der Waals surface area contributed by atoms with Gasteiger partial charge in [0.2, 0.25) is 0 Å². The molecule has 3 rings (SSSR count). The highest BCUT2D eigenvalue weighted by molar-refractivity contribution is 6.08. The SMILES string of the molecule is COC(=O)c1c(C(=O)OC)c(-c2ccccc2)n(-c2ccccc2)c(=O)c1C. The average Bonchev–Trinajstić information content (AvgIpc) is 2.75. The summed E-state index contributed by atoms with van der Waals surface area (Å²) in [5.41, 5.74) is 1.01. The number of nitrogens with zero attached hydrogens (tertiary/aromatic N) is 1. The lowest BCUT2D eigenvalue weighted by molar-refractivity contribution is 0.0554. The molecule has 0 aliphatic heterocycles. The molecule has 0 aliphatic rings. The molecular formula is C22H19NO5. The Morgan fingerprint density at radius 2 is 1.29 bits per heavy atom. The summed E-state index contributed by atoms with van der Waals surface area (Å²) in [5, 5.41) is 0. The van der Waals surface area contributed by atoms with E-state index < -0.39 is 17.5 Å². The predicted molar refractivity (Wildman–Crippen MR) is 105 cm³/mol. The van der Waals surface area contributed by atoms with Crippen molar-refractivity contribution in [3.05, 3.63) is 87.7 Å².